The molecule has 0 aromatic heterocycles. The molecule has 5 nitrogen and oxygen atoms in total. The minimum Gasteiger partial charge on any atom is -0.385 e. The lowest BCUT2D eigenvalue weighted by Crippen LogP contribution is -2.34. The van der Waals surface area contributed by atoms with Gasteiger partial charge in [-0.2, -0.15) is 0 Å². The third-order valence-corrected chi connectivity index (χ3v) is 4.39. The van der Waals surface area contributed by atoms with Gasteiger partial charge in [0.15, 0.2) is 0 Å². The molecule has 1 atom stereocenters. The van der Waals surface area contributed by atoms with Crippen LogP contribution in [0.3, 0.4) is 0 Å². The van der Waals surface area contributed by atoms with Gasteiger partial charge < -0.3 is 20.1 Å². The van der Waals surface area contributed by atoms with Crippen molar-refractivity contribution in [3.8, 4) is 0 Å². The van der Waals surface area contributed by atoms with Crippen molar-refractivity contribution in [2.75, 3.05) is 32.7 Å². The summed E-state index contributed by atoms with van der Waals surface area (Å²) < 4.78 is 10.4. The molecule has 2 N–H and O–H groups in total. The van der Waals surface area contributed by atoms with Crippen LogP contribution in [0.5, 0.6) is 0 Å². The number of ether oxygens (including phenoxy) is 2. The van der Waals surface area contributed by atoms with Crippen molar-refractivity contribution in [2.24, 2.45) is 5.41 Å². The third kappa shape index (κ3) is 4.71. The molecule has 1 aliphatic carbocycles. The van der Waals surface area contributed by atoms with Gasteiger partial charge in [-0.15, -0.1) is 0 Å². The van der Waals surface area contributed by atoms with Gasteiger partial charge in [0, 0.05) is 33.1 Å². The normalized spacial score (nSPS) is 16.9. The Balaban J connectivity index is 1.82. The summed E-state index contributed by atoms with van der Waals surface area (Å²) in [6, 6.07) is 7.56. The summed E-state index contributed by atoms with van der Waals surface area (Å²) in [5.41, 5.74) is 2.07. The molecule has 0 heterocycles. The first-order valence-electron chi connectivity index (χ1n) is 7.75. The summed E-state index contributed by atoms with van der Waals surface area (Å²) in [6.07, 6.45) is 3.34. The van der Waals surface area contributed by atoms with E-state index >= 15 is 0 Å². The van der Waals surface area contributed by atoms with E-state index in [2.05, 4.69) is 10.6 Å². The van der Waals surface area contributed by atoms with Gasteiger partial charge >= 0.3 is 6.03 Å². The van der Waals surface area contributed by atoms with Gasteiger partial charge in [-0.3, -0.25) is 0 Å². The number of rotatable bonds is 8. The number of hydrogen-bond donors (Lipinski definition) is 2. The molecule has 0 saturated heterocycles. The van der Waals surface area contributed by atoms with Crippen LogP contribution in [0.15, 0.2) is 24.3 Å². The van der Waals surface area contributed by atoms with Gasteiger partial charge in [0.05, 0.1) is 6.10 Å². The molecule has 2 rings (SSSR count). The predicted molar refractivity (Wildman–Crippen MR) is 87.0 cm³/mol. The standard InChI is InChI=1S/C17H26N2O3/c1-13(22-3)14-5-4-6-15(11-14)19-16(20)18-12-17(7-8-17)9-10-21-2/h4-6,11,13H,7-10,12H2,1-3H3,(H2,18,19,20)/t13-/m1/s1. The van der Waals surface area contributed by atoms with Crippen LogP contribution in [0, 0.1) is 5.41 Å². The van der Waals surface area contributed by atoms with E-state index in [1.165, 1.54) is 0 Å². The second kappa shape index (κ2) is 7.61. The summed E-state index contributed by atoms with van der Waals surface area (Å²) in [4.78, 5) is 12.0. The van der Waals surface area contributed by atoms with E-state index in [9.17, 15) is 4.79 Å². The summed E-state index contributed by atoms with van der Waals surface area (Å²) in [5, 5.41) is 5.85. The molecule has 5 heteroatoms. The van der Waals surface area contributed by atoms with Gasteiger partial charge in [-0.1, -0.05) is 12.1 Å². The van der Waals surface area contributed by atoms with Crippen molar-refractivity contribution in [3.05, 3.63) is 29.8 Å². The summed E-state index contributed by atoms with van der Waals surface area (Å²) in [7, 11) is 3.39. The molecule has 1 aliphatic rings. The zero-order valence-corrected chi connectivity index (χ0v) is 13.6. The van der Waals surface area contributed by atoms with Crippen LogP contribution in [0.4, 0.5) is 10.5 Å². The van der Waals surface area contributed by atoms with E-state index in [-0.39, 0.29) is 17.6 Å². The van der Waals surface area contributed by atoms with Crippen molar-refractivity contribution in [1.82, 2.24) is 5.32 Å². The topological polar surface area (TPSA) is 59.6 Å². The Morgan fingerprint density at radius 1 is 1.36 bits per heavy atom. The first-order valence-corrected chi connectivity index (χ1v) is 7.75. The van der Waals surface area contributed by atoms with Crippen LogP contribution in [-0.2, 0) is 9.47 Å². The number of carbonyl (C=O) groups is 1. The maximum Gasteiger partial charge on any atom is 0.319 e. The number of amides is 2. The minimum atomic E-state index is -0.161. The average molecular weight is 306 g/mol. The zero-order valence-electron chi connectivity index (χ0n) is 13.6. The summed E-state index contributed by atoms with van der Waals surface area (Å²) in [5.74, 6) is 0. The molecule has 1 aromatic rings. The molecule has 0 unspecified atom stereocenters. The molecule has 0 aliphatic heterocycles. The van der Waals surface area contributed by atoms with Gasteiger partial charge in [-0.05, 0) is 49.3 Å². The molecule has 122 valence electrons. The molecule has 2 amide bonds. The molecular formula is C17H26N2O3. The van der Waals surface area contributed by atoms with Gasteiger partial charge in [-0.25, -0.2) is 4.79 Å². The van der Waals surface area contributed by atoms with Crippen LogP contribution in [-0.4, -0.2) is 33.4 Å². The van der Waals surface area contributed by atoms with Crippen LogP contribution in [0.2, 0.25) is 0 Å². The number of carbonyl (C=O) groups excluding carboxylic acids is 1. The number of nitrogens with one attached hydrogen (secondary N) is 2. The van der Waals surface area contributed by atoms with Crippen molar-refractivity contribution < 1.29 is 14.3 Å². The number of hydrogen-bond acceptors (Lipinski definition) is 3. The molecule has 0 bridgehead atoms. The van der Waals surface area contributed by atoms with E-state index in [0.29, 0.717) is 6.54 Å². The molecule has 0 spiro atoms. The quantitative estimate of drug-likeness (QED) is 0.774. The van der Waals surface area contributed by atoms with Crippen LogP contribution < -0.4 is 10.6 Å². The second-order valence-electron chi connectivity index (χ2n) is 6.05. The third-order valence-electron chi connectivity index (χ3n) is 4.39. The Kier molecular flexibility index (Phi) is 5.80. The predicted octanol–water partition coefficient (Wildman–Crippen LogP) is 3.33. The van der Waals surface area contributed by atoms with Crippen LogP contribution in [0.1, 0.15) is 37.9 Å². The molecule has 0 radical (unpaired) electrons. The second-order valence-corrected chi connectivity index (χ2v) is 6.05. The Morgan fingerprint density at radius 2 is 2.14 bits per heavy atom. The maximum absolute atomic E-state index is 12.0. The molecular weight excluding hydrogens is 280 g/mol. The number of urea groups is 1. The highest BCUT2D eigenvalue weighted by Crippen LogP contribution is 2.48. The summed E-state index contributed by atoms with van der Waals surface area (Å²) >= 11 is 0. The highest BCUT2D eigenvalue weighted by molar-refractivity contribution is 5.89. The number of anilines is 1. The van der Waals surface area contributed by atoms with Gasteiger partial charge in [0.2, 0.25) is 0 Å². The largest absolute Gasteiger partial charge is 0.385 e. The van der Waals surface area contributed by atoms with Crippen LogP contribution in [0.25, 0.3) is 0 Å². The van der Waals surface area contributed by atoms with E-state index in [4.69, 9.17) is 9.47 Å². The first-order chi connectivity index (χ1) is 10.6. The fourth-order valence-electron chi connectivity index (χ4n) is 2.46. The lowest BCUT2D eigenvalue weighted by atomic mass is 10.0. The van der Waals surface area contributed by atoms with Crippen molar-refractivity contribution in [3.63, 3.8) is 0 Å². The molecule has 1 saturated carbocycles. The molecule has 1 fully saturated rings. The zero-order chi connectivity index (χ0) is 16.0. The fourth-order valence-corrected chi connectivity index (χ4v) is 2.46. The van der Waals surface area contributed by atoms with E-state index in [1.807, 2.05) is 31.2 Å². The van der Waals surface area contributed by atoms with E-state index in [1.54, 1.807) is 14.2 Å². The first kappa shape index (κ1) is 16.8. The Hall–Kier alpha value is -1.59. The van der Waals surface area contributed by atoms with E-state index in [0.717, 1.165) is 37.1 Å². The Labute approximate surface area is 132 Å². The number of methoxy groups -OCH3 is 2. The maximum atomic E-state index is 12.0. The fraction of sp³-hybridized carbons (Fsp3) is 0.588. The number of benzene rings is 1. The smallest absolute Gasteiger partial charge is 0.319 e. The minimum absolute atomic E-state index is 0.00795. The average Bonchev–Trinajstić information content (AvgIpc) is 3.31. The highest BCUT2D eigenvalue weighted by Gasteiger charge is 2.42. The van der Waals surface area contributed by atoms with Crippen molar-refractivity contribution >= 4 is 11.7 Å². The monoisotopic (exact) mass is 306 g/mol. The van der Waals surface area contributed by atoms with Crippen molar-refractivity contribution in [1.29, 1.82) is 0 Å². The Bertz CT molecular complexity index is 500. The van der Waals surface area contributed by atoms with Gasteiger partial charge in [0.25, 0.3) is 0 Å². The summed E-state index contributed by atoms with van der Waals surface area (Å²) in [6.45, 7) is 3.43. The SMILES string of the molecule is COCCC1(CNC(=O)Nc2cccc([C@@H](C)OC)c2)CC1. The highest BCUT2D eigenvalue weighted by atomic mass is 16.5. The molecule has 22 heavy (non-hydrogen) atoms. The van der Waals surface area contributed by atoms with Crippen LogP contribution >= 0.6 is 0 Å². The molecule has 1 aromatic carbocycles. The lowest BCUT2D eigenvalue weighted by molar-refractivity contribution is 0.119. The Morgan fingerprint density at radius 3 is 2.77 bits per heavy atom. The van der Waals surface area contributed by atoms with E-state index < -0.39 is 0 Å². The van der Waals surface area contributed by atoms with Crippen molar-refractivity contribution in [2.45, 2.75) is 32.3 Å². The lowest BCUT2D eigenvalue weighted by Gasteiger charge is -2.16. The van der Waals surface area contributed by atoms with Gasteiger partial charge in [0.1, 0.15) is 0 Å².